The van der Waals surface area contributed by atoms with Crippen LogP contribution in [0, 0.1) is 6.92 Å². The van der Waals surface area contributed by atoms with Crippen LogP contribution in [0.4, 0.5) is 5.69 Å². The van der Waals surface area contributed by atoms with Gasteiger partial charge in [0.15, 0.2) is 0 Å². The number of aromatic nitrogens is 3. The Kier molecular flexibility index (Phi) is 4.68. The second kappa shape index (κ2) is 6.84. The van der Waals surface area contributed by atoms with E-state index < -0.39 is 22.7 Å². The molecule has 2 aromatic heterocycles. The maximum atomic E-state index is 13.0. The van der Waals surface area contributed by atoms with Crippen LogP contribution in [0.25, 0.3) is 11.0 Å². The minimum atomic E-state index is -0.657. The second-order valence-corrected chi connectivity index (χ2v) is 6.52. The second-order valence-electron chi connectivity index (χ2n) is 6.52. The number of pyridine rings is 1. The van der Waals surface area contributed by atoms with Crippen LogP contribution >= 0.6 is 0 Å². The molecule has 2 heterocycles. The van der Waals surface area contributed by atoms with E-state index in [-0.39, 0.29) is 16.6 Å². The van der Waals surface area contributed by atoms with Crippen LogP contribution in [0.3, 0.4) is 0 Å². The monoisotopic (exact) mass is 384 g/mol. The molecule has 3 rings (SSSR count). The van der Waals surface area contributed by atoms with Gasteiger partial charge in [-0.3, -0.25) is 28.1 Å². The number of hydrogen-bond acceptors (Lipinski definition) is 5. The third-order valence-electron chi connectivity index (χ3n) is 4.67. The fourth-order valence-corrected chi connectivity index (χ4v) is 3.15. The first-order chi connectivity index (χ1) is 13.2. The summed E-state index contributed by atoms with van der Waals surface area (Å²) < 4.78 is 8.49. The van der Waals surface area contributed by atoms with Crippen molar-refractivity contribution in [1.29, 1.82) is 0 Å². The summed E-state index contributed by atoms with van der Waals surface area (Å²) in [6, 6.07) is 6.34. The van der Waals surface area contributed by atoms with Gasteiger partial charge in [0.2, 0.25) is 0 Å². The lowest BCUT2D eigenvalue weighted by molar-refractivity contribution is 0.102. The predicted molar refractivity (Wildman–Crippen MR) is 105 cm³/mol. The van der Waals surface area contributed by atoms with E-state index in [9.17, 15) is 19.2 Å². The van der Waals surface area contributed by atoms with Gasteiger partial charge in [-0.15, -0.1) is 0 Å². The number of nitrogens with zero attached hydrogens (tertiary/aromatic N) is 3. The highest BCUT2D eigenvalue weighted by Gasteiger charge is 2.21. The van der Waals surface area contributed by atoms with E-state index in [1.807, 2.05) is 13.0 Å². The maximum Gasteiger partial charge on any atom is 0.332 e. The summed E-state index contributed by atoms with van der Waals surface area (Å²) in [7, 11) is 5.67. The topological polar surface area (TPSA) is 104 Å². The third-order valence-corrected chi connectivity index (χ3v) is 4.67. The van der Waals surface area contributed by atoms with E-state index in [1.54, 1.807) is 12.1 Å². The van der Waals surface area contributed by atoms with E-state index in [0.29, 0.717) is 11.4 Å². The molecule has 1 amide bonds. The number of hydrogen-bond donors (Lipinski definition) is 1. The minimum absolute atomic E-state index is 0.0178. The number of amides is 1. The zero-order valence-corrected chi connectivity index (χ0v) is 16.2. The van der Waals surface area contributed by atoms with E-state index in [2.05, 4.69) is 5.32 Å². The van der Waals surface area contributed by atoms with Crippen molar-refractivity contribution in [2.24, 2.45) is 21.1 Å². The average Bonchev–Trinajstić information content (AvgIpc) is 2.66. The molecule has 1 aromatic carbocycles. The SMILES string of the molecule is COc1ccc(C)cc1NC(=O)c1cc(=O)n(C)c2c1c(=O)n(C)c(=O)n2C. The summed E-state index contributed by atoms with van der Waals surface area (Å²) in [5.74, 6) is -0.213. The molecule has 0 spiro atoms. The molecular weight excluding hydrogens is 364 g/mol. The van der Waals surface area contributed by atoms with Crippen LogP contribution in [0.2, 0.25) is 0 Å². The van der Waals surface area contributed by atoms with Crippen molar-refractivity contribution < 1.29 is 9.53 Å². The smallest absolute Gasteiger partial charge is 0.332 e. The third kappa shape index (κ3) is 2.90. The molecule has 9 heteroatoms. The maximum absolute atomic E-state index is 13.0. The lowest BCUT2D eigenvalue weighted by atomic mass is 10.1. The molecule has 0 radical (unpaired) electrons. The number of carbonyl (C=O) groups is 1. The molecule has 3 aromatic rings. The number of rotatable bonds is 3. The van der Waals surface area contributed by atoms with Gasteiger partial charge in [-0.05, 0) is 24.6 Å². The van der Waals surface area contributed by atoms with Gasteiger partial charge in [0.25, 0.3) is 17.0 Å². The Labute approximate surface area is 159 Å². The van der Waals surface area contributed by atoms with Gasteiger partial charge in [0.1, 0.15) is 11.4 Å². The van der Waals surface area contributed by atoms with Crippen LogP contribution in [-0.4, -0.2) is 26.7 Å². The molecule has 0 unspecified atom stereocenters. The van der Waals surface area contributed by atoms with E-state index in [1.165, 1.54) is 37.4 Å². The molecule has 0 atom stereocenters. The largest absolute Gasteiger partial charge is 0.495 e. The number of aryl methyl sites for hydroxylation is 3. The van der Waals surface area contributed by atoms with Gasteiger partial charge < -0.3 is 10.1 Å². The van der Waals surface area contributed by atoms with Gasteiger partial charge in [0.05, 0.1) is 23.7 Å². The summed E-state index contributed by atoms with van der Waals surface area (Å²) in [6.45, 7) is 1.86. The van der Waals surface area contributed by atoms with Crippen molar-refractivity contribution >= 4 is 22.6 Å². The van der Waals surface area contributed by atoms with Crippen molar-refractivity contribution in [2.75, 3.05) is 12.4 Å². The van der Waals surface area contributed by atoms with Crippen molar-refractivity contribution in [3.63, 3.8) is 0 Å². The van der Waals surface area contributed by atoms with Crippen LogP contribution in [0.15, 0.2) is 38.6 Å². The molecular formula is C19H20N4O5. The Morgan fingerprint density at radius 1 is 1.00 bits per heavy atom. The van der Waals surface area contributed by atoms with Crippen molar-refractivity contribution in [1.82, 2.24) is 13.7 Å². The first-order valence-corrected chi connectivity index (χ1v) is 8.43. The van der Waals surface area contributed by atoms with Crippen LogP contribution in [-0.2, 0) is 21.1 Å². The molecule has 0 saturated heterocycles. The first kappa shape index (κ1) is 19.2. The summed E-state index contributed by atoms with van der Waals surface area (Å²) in [6.07, 6.45) is 0. The van der Waals surface area contributed by atoms with Crippen LogP contribution in [0.1, 0.15) is 15.9 Å². The highest BCUT2D eigenvalue weighted by Crippen LogP contribution is 2.26. The van der Waals surface area contributed by atoms with Crippen molar-refractivity contribution in [3.05, 3.63) is 66.6 Å². The van der Waals surface area contributed by atoms with Gasteiger partial charge in [0, 0.05) is 27.2 Å². The predicted octanol–water partition coefficient (Wildman–Crippen LogP) is 0.505. The Bertz CT molecular complexity index is 1300. The first-order valence-electron chi connectivity index (χ1n) is 8.43. The summed E-state index contributed by atoms with van der Waals surface area (Å²) in [5.41, 5.74) is -0.511. The lowest BCUT2D eigenvalue weighted by Crippen LogP contribution is -2.40. The Morgan fingerprint density at radius 3 is 2.32 bits per heavy atom. The number of fused-ring (bicyclic) bond motifs is 1. The lowest BCUT2D eigenvalue weighted by Gasteiger charge is -2.15. The summed E-state index contributed by atoms with van der Waals surface area (Å²) in [4.78, 5) is 50.4. The van der Waals surface area contributed by atoms with Gasteiger partial charge in [-0.2, -0.15) is 0 Å². The van der Waals surface area contributed by atoms with E-state index in [4.69, 9.17) is 4.74 Å². The molecule has 146 valence electrons. The zero-order valence-electron chi connectivity index (χ0n) is 16.2. The number of ether oxygens (including phenoxy) is 1. The summed E-state index contributed by atoms with van der Waals surface area (Å²) >= 11 is 0. The standard InChI is InChI=1S/C19H20N4O5/c1-10-6-7-13(28-5)12(8-10)20-16(25)11-9-14(24)21(2)17-15(11)18(26)23(4)19(27)22(17)3/h6-9H,1-5H3,(H,20,25). The highest BCUT2D eigenvalue weighted by atomic mass is 16.5. The molecule has 9 nitrogen and oxygen atoms in total. The van der Waals surface area contributed by atoms with Crippen LogP contribution < -0.4 is 26.9 Å². The van der Waals surface area contributed by atoms with E-state index >= 15 is 0 Å². The summed E-state index contributed by atoms with van der Waals surface area (Å²) in [5, 5.41) is 2.67. The molecule has 0 aliphatic heterocycles. The van der Waals surface area contributed by atoms with Crippen LogP contribution in [0.5, 0.6) is 5.75 Å². The number of carbonyl (C=O) groups excluding carboxylic acids is 1. The minimum Gasteiger partial charge on any atom is -0.495 e. The van der Waals surface area contributed by atoms with Crippen molar-refractivity contribution in [2.45, 2.75) is 6.92 Å². The van der Waals surface area contributed by atoms with Crippen molar-refractivity contribution in [3.8, 4) is 5.75 Å². The molecule has 28 heavy (non-hydrogen) atoms. The Balaban J connectivity index is 2.30. The molecule has 0 aliphatic carbocycles. The fraction of sp³-hybridized carbons (Fsp3) is 0.263. The highest BCUT2D eigenvalue weighted by molar-refractivity contribution is 6.12. The number of nitrogens with one attached hydrogen (secondary N) is 1. The molecule has 0 bridgehead atoms. The van der Waals surface area contributed by atoms with Gasteiger partial charge >= 0.3 is 5.69 Å². The molecule has 0 saturated carbocycles. The fourth-order valence-electron chi connectivity index (χ4n) is 3.15. The average molecular weight is 384 g/mol. The van der Waals surface area contributed by atoms with E-state index in [0.717, 1.165) is 16.2 Å². The number of benzene rings is 1. The molecule has 1 N–H and O–H groups in total. The Morgan fingerprint density at radius 2 is 1.68 bits per heavy atom. The Hall–Kier alpha value is -3.62. The van der Waals surface area contributed by atoms with Gasteiger partial charge in [-0.1, -0.05) is 6.07 Å². The van der Waals surface area contributed by atoms with Gasteiger partial charge in [-0.25, -0.2) is 4.79 Å². The molecule has 0 fully saturated rings. The molecule has 0 aliphatic rings. The number of anilines is 1. The number of methoxy groups -OCH3 is 1. The quantitative estimate of drug-likeness (QED) is 0.708. The zero-order chi connectivity index (χ0) is 20.7. The normalized spacial score (nSPS) is 10.9.